The fourth-order valence-electron chi connectivity index (χ4n) is 1.20. The Morgan fingerprint density at radius 2 is 1.91 bits per heavy atom. The van der Waals surface area contributed by atoms with Gasteiger partial charge in [0, 0.05) is 0 Å². The van der Waals surface area contributed by atoms with E-state index in [2.05, 4.69) is 4.74 Å². The van der Waals surface area contributed by atoms with Gasteiger partial charge in [0.15, 0.2) is 11.6 Å². The smallest absolute Gasteiger partial charge is 0.387 e. The normalized spacial score (nSPS) is 12.1. The van der Waals surface area contributed by atoms with E-state index in [0.717, 1.165) is 6.07 Å². The molecule has 12 heteroatoms. The molecule has 0 amide bonds. The first kappa shape index (κ1) is 20.8. The van der Waals surface area contributed by atoms with Crippen LogP contribution in [-0.2, 0) is 10.0 Å². The first-order valence-corrected chi connectivity index (χ1v) is 6.87. The van der Waals surface area contributed by atoms with E-state index in [1.54, 1.807) is 4.72 Å². The van der Waals surface area contributed by atoms with Crippen molar-refractivity contribution in [1.29, 1.82) is 0 Å². The van der Waals surface area contributed by atoms with E-state index in [9.17, 15) is 30.4 Å². The average molecular weight is 371 g/mol. The highest BCUT2D eigenvalue weighted by atomic mass is 35.5. The molecule has 0 aliphatic carbocycles. The predicted molar refractivity (Wildman–Crippen MR) is 69.5 cm³/mol. The maximum atomic E-state index is 13.4. The number of benzene rings is 1. The maximum Gasteiger partial charge on any atom is 0.387 e. The summed E-state index contributed by atoms with van der Waals surface area (Å²) in [5.41, 5.74) is 4.73. The zero-order valence-corrected chi connectivity index (χ0v) is 12.4. The lowest BCUT2D eigenvalue weighted by atomic mass is 10.3. The van der Waals surface area contributed by atoms with Crippen molar-refractivity contribution in [2.24, 2.45) is 5.73 Å². The van der Waals surface area contributed by atoms with Crippen LogP contribution in [0.25, 0.3) is 0 Å². The van der Waals surface area contributed by atoms with Crippen LogP contribution in [0.15, 0.2) is 23.1 Å². The minimum atomic E-state index is -4.44. The molecule has 1 aromatic carbocycles. The third kappa shape index (κ3) is 5.91. The molecule has 0 atom stereocenters. The number of sulfonamides is 1. The van der Waals surface area contributed by atoms with Gasteiger partial charge < -0.3 is 10.5 Å². The predicted octanol–water partition coefficient (Wildman–Crippen LogP) is 1.72. The van der Waals surface area contributed by atoms with E-state index < -0.39 is 52.1 Å². The lowest BCUT2D eigenvalue weighted by molar-refractivity contribution is -0.0522. The summed E-state index contributed by atoms with van der Waals surface area (Å²) >= 11 is 0. The summed E-state index contributed by atoms with van der Waals surface area (Å²) < 4.78 is 91.5. The molecule has 1 rings (SSSR count). The van der Waals surface area contributed by atoms with Gasteiger partial charge >= 0.3 is 6.61 Å². The number of halogens is 6. The molecule has 0 aliphatic rings. The van der Waals surface area contributed by atoms with E-state index in [1.807, 2.05) is 0 Å². The first-order valence-electron chi connectivity index (χ1n) is 5.39. The standard InChI is InChI=1S/C10H11F5N2O3S.ClH/c11-7-3-6(1-2-8(7)20-9(12)13)21(18,19)17-5-10(14,15)4-16;/h1-3,9,17H,4-5,16H2;1H. The molecule has 1 aromatic rings. The van der Waals surface area contributed by atoms with Crippen molar-refractivity contribution < 1.29 is 35.1 Å². The number of hydrogen-bond donors (Lipinski definition) is 2. The quantitative estimate of drug-likeness (QED) is 0.716. The molecule has 0 spiro atoms. The molecule has 0 saturated heterocycles. The molecule has 0 fully saturated rings. The van der Waals surface area contributed by atoms with Gasteiger partial charge in [0.05, 0.1) is 18.0 Å². The summed E-state index contributed by atoms with van der Waals surface area (Å²) in [6.45, 7) is -5.64. The Labute approximate surface area is 129 Å². The number of ether oxygens (including phenoxy) is 1. The Morgan fingerprint density at radius 1 is 1.32 bits per heavy atom. The molecule has 0 heterocycles. The molecule has 3 N–H and O–H groups in total. The summed E-state index contributed by atoms with van der Waals surface area (Å²) in [6.07, 6.45) is 0. The number of hydrogen-bond acceptors (Lipinski definition) is 4. The number of nitrogens with one attached hydrogen (secondary N) is 1. The van der Waals surface area contributed by atoms with E-state index in [0.29, 0.717) is 12.1 Å². The highest BCUT2D eigenvalue weighted by molar-refractivity contribution is 7.89. The number of alkyl halides is 4. The highest BCUT2D eigenvalue weighted by Gasteiger charge is 2.29. The summed E-state index contributed by atoms with van der Waals surface area (Å²) in [7, 11) is -4.44. The third-order valence-corrected chi connectivity index (χ3v) is 3.65. The van der Waals surface area contributed by atoms with E-state index in [1.165, 1.54) is 0 Å². The van der Waals surface area contributed by atoms with Crippen LogP contribution in [-0.4, -0.2) is 34.0 Å². The molecule has 0 aliphatic heterocycles. The molecular weight excluding hydrogens is 359 g/mol. The van der Waals surface area contributed by atoms with Gasteiger partial charge in [-0.1, -0.05) is 0 Å². The number of nitrogens with two attached hydrogens (primary N) is 1. The van der Waals surface area contributed by atoms with Crippen LogP contribution in [0, 0.1) is 5.82 Å². The molecule has 0 unspecified atom stereocenters. The Morgan fingerprint density at radius 3 is 2.36 bits per heavy atom. The Kier molecular flexibility index (Phi) is 7.48. The molecule has 0 radical (unpaired) electrons. The van der Waals surface area contributed by atoms with Gasteiger partial charge in [-0.05, 0) is 18.2 Å². The van der Waals surface area contributed by atoms with Gasteiger partial charge in [-0.25, -0.2) is 26.3 Å². The van der Waals surface area contributed by atoms with Crippen LogP contribution in [0.1, 0.15) is 0 Å². The molecule has 22 heavy (non-hydrogen) atoms. The fourth-order valence-corrected chi connectivity index (χ4v) is 2.27. The van der Waals surface area contributed by atoms with Crippen LogP contribution in [0.3, 0.4) is 0 Å². The van der Waals surface area contributed by atoms with Crippen LogP contribution in [0.4, 0.5) is 22.0 Å². The second-order valence-electron chi connectivity index (χ2n) is 3.86. The van der Waals surface area contributed by atoms with Crippen LogP contribution >= 0.6 is 12.4 Å². The Balaban J connectivity index is 0.00000441. The lowest BCUT2D eigenvalue weighted by Gasteiger charge is -2.15. The maximum absolute atomic E-state index is 13.4. The Hall–Kier alpha value is -1.17. The molecule has 128 valence electrons. The van der Waals surface area contributed by atoms with E-state index in [4.69, 9.17) is 5.73 Å². The second-order valence-corrected chi connectivity index (χ2v) is 5.62. The van der Waals surface area contributed by atoms with Gasteiger partial charge in [0.25, 0.3) is 5.92 Å². The van der Waals surface area contributed by atoms with Gasteiger partial charge in [-0.2, -0.15) is 8.78 Å². The molecule has 0 bridgehead atoms. The van der Waals surface area contributed by atoms with Crippen LogP contribution < -0.4 is 15.2 Å². The summed E-state index contributed by atoms with van der Waals surface area (Å²) in [6, 6.07) is 1.77. The van der Waals surface area contributed by atoms with Crippen molar-refractivity contribution in [3.8, 4) is 5.75 Å². The third-order valence-electron chi connectivity index (χ3n) is 2.25. The van der Waals surface area contributed by atoms with E-state index >= 15 is 0 Å². The van der Waals surface area contributed by atoms with Crippen molar-refractivity contribution in [2.45, 2.75) is 17.4 Å². The van der Waals surface area contributed by atoms with Gasteiger partial charge in [0.2, 0.25) is 10.0 Å². The van der Waals surface area contributed by atoms with Crippen LogP contribution in [0.2, 0.25) is 0 Å². The van der Waals surface area contributed by atoms with Gasteiger partial charge in [-0.15, -0.1) is 12.4 Å². The van der Waals surface area contributed by atoms with Crippen molar-refractivity contribution in [3.63, 3.8) is 0 Å². The number of rotatable bonds is 7. The van der Waals surface area contributed by atoms with Crippen molar-refractivity contribution in [2.75, 3.05) is 13.1 Å². The zero-order chi connectivity index (χ0) is 16.3. The highest BCUT2D eigenvalue weighted by Crippen LogP contribution is 2.23. The largest absolute Gasteiger partial charge is 0.432 e. The molecular formula is C10H12ClF5N2O3S. The zero-order valence-electron chi connectivity index (χ0n) is 10.7. The lowest BCUT2D eigenvalue weighted by Crippen LogP contribution is -2.41. The van der Waals surface area contributed by atoms with Crippen molar-refractivity contribution >= 4 is 22.4 Å². The van der Waals surface area contributed by atoms with Crippen molar-refractivity contribution in [3.05, 3.63) is 24.0 Å². The monoisotopic (exact) mass is 370 g/mol. The molecule has 5 nitrogen and oxygen atoms in total. The van der Waals surface area contributed by atoms with Gasteiger partial charge in [-0.3, -0.25) is 0 Å². The molecule has 0 saturated carbocycles. The average Bonchev–Trinajstić information content (AvgIpc) is 2.38. The SMILES string of the molecule is Cl.NCC(F)(F)CNS(=O)(=O)c1ccc(OC(F)F)c(F)c1. The molecule has 0 aromatic heterocycles. The summed E-state index contributed by atoms with van der Waals surface area (Å²) in [5.74, 6) is -5.70. The van der Waals surface area contributed by atoms with Gasteiger partial charge in [0.1, 0.15) is 0 Å². The minimum Gasteiger partial charge on any atom is -0.432 e. The fraction of sp³-hybridized carbons (Fsp3) is 0.400. The minimum absolute atomic E-state index is 0. The second kappa shape index (κ2) is 7.90. The summed E-state index contributed by atoms with van der Waals surface area (Å²) in [4.78, 5) is -0.713. The first-order chi connectivity index (χ1) is 9.57. The summed E-state index contributed by atoms with van der Waals surface area (Å²) in [5, 5.41) is 0. The van der Waals surface area contributed by atoms with E-state index in [-0.39, 0.29) is 12.4 Å². The topological polar surface area (TPSA) is 81.4 Å². The Bertz CT molecular complexity index is 600. The van der Waals surface area contributed by atoms with Crippen LogP contribution in [0.5, 0.6) is 5.75 Å². The van der Waals surface area contributed by atoms with Crippen molar-refractivity contribution in [1.82, 2.24) is 4.72 Å².